The van der Waals surface area contributed by atoms with E-state index in [9.17, 15) is 13.2 Å². The van der Waals surface area contributed by atoms with Crippen LogP contribution in [-0.2, 0) is 19.4 Å². The number of rotatable bonds is 7. The molecule has 2 atom stereocenters. The minimum atomic E-state index is -4.16. The quantitative estimate of drug-likeness (QED) is 0.400. The molecule has 0 bridgehead atoms. The lowest BCUT2D eigenvalue weighted by atomic mass is 10.1. The number of methoxy groups -OCH3 is 1. The number of hydrogen-bond acceptors (Lipinski definition) is 9. The topological polar surface area (TPSA) is 137 Å². The van der Waals surface area contributed by atoms with Gasteiger partial charge in [-0.1, -0.05) is 36.0 Å². The van der Waals surface area contributed by atoms with Crippen molar-refractivity contribution in [3.05, 3.63) is 54.9 Å². The van der Waals surface area contributed by atoms with Gasteiger partial charge in [0.25, 0.3) is 0 Å². The lowest BCUT2D eigenvalue weighted by Gasteiger charge is -2.20. The molecule has 0 radical (unpaired) electrons. The highest BCUT2D eigenvalue weighted by Crippen LogP contribution is 2.35. The van der Waals surface area contributed by atoms with Gasteiger partial charge in [-0.05, 0) is 35.4 Å². The van der Waals surface area contributed by atoms with Crippen molar-refractivity contribution in [2.75, 3.05) is 12.9 Å². The molecular weight excluding hydrogens is 440 g/mol. The molecule has 0 amide bonds. The second-order valence-corrected chi connectivity index (χ2v) is 10.2. The number of nitrogens with zero attached hydrogens (tertiary/aromatic N) is 2. The van der Waals surface area contributed by atoms with Crippen LogP contribution in [0.4, 0.5) is 0 Å². The van der Waals surface area contributed by atoms with Gasteiger partial charge < -0.3 is 15.2 Å². The van der Waals surface area contributed by atoms with E-state index in [-0.39, 0.29) is 11.3 Å². The van der Waals surface area contributed by atoms with Crippen LogP contribution in [0.2, 0.25) is 0 Å². The number of aromatic amines is 1. The number of benzene rings is 2. The molecule has 1 saturated heterocycles. The number of sulfone groups is 1. The van der Waals surface area contributed by atoms with Crippen molar-refractivity contribution in [1.29, 1.82) is 0 Å². The molecule has 2 unspecified atom stereocenters. The Hall–Kier alpha value is -2.89. The lowest BCUT2D eigenvalue weighted by Crippen LogP contribution is -2.51. The smallest absolute Gasteiger partial charge is 0.342 e. The van der Waals surface area contributed by atoms with Crippen LogP contribution in [0, 0.1) is 0 Å². The Balaban J connectivity index is 1.51. The Labute approximate surface area is 183 Å². The van der Waals surface area contributed by atoms with Gasteiger partial charge in [0.05, 0.1) is 12.0 Å². The third kappa shape index (κ3) is 4.03. The van der Waals surface area contributed by atoms with Crippen molar-refractivity contribution in [3.63, 3.8) is 0 Å². The van der Waals surface area contributed by atoms with Gasteiger partial charge in [0.2, 0.25) is 14.7 Å². The van der Waals surface area contributed by atoms with Crippen LogP contribution in [0.3, 0.4) is 0 Å². The number of ether oxygens (including phenoxy) is 2. The maximum Gasteiger partial charge on any atom is 0.342 e. The van der Waals surface area contributed by atoms with E-state index in [2.05, 4.69) is 15.2 Å². The molecule has 2 aromatic carbocycles. The number of thioether (sulfide) groups is 1. The molecule has 0 aliphatic carbocycles. The minimum Gasteiger partial charge on any atom is -0.497 e. The van der Waals surface area contributed by atoms with Gasteiger partial charge in [0, 0.05) is 12.2 Å². The summed E-state index contributed by atoms with van der Waals surface area (Å²) < 4.78 is 36.8. The first-order valence-corrected chi connectivity index (χ1v) is 11.8. The first-order valence-electron chi connectivity index (χ1n) is 9.31. The molecule has 3 aromatic rings. The highest BCUT2D eigenvalue weighted by Gasteiger charge is 2.56. The summed E-state index contributed by atoms with van der Waals surface area (Å²) in [5.41, 5.74) is 7.83. The molecule has 2 heterocycles. The predicted octanol–water partition coefficient (Wildman–Crippen LogP) is 2.02. The minimum absolute atomic E-state index is 0.0345. The Morgan fingerprint density at radius 1 is 1.19 bits per heavy atom. The highest BCUT2D eigenvalue weighted by molar-refractivity contribution is 7.99. The summed E-state index contributed by atoms with van der Waals surface area (Å²) in [7, 11) is -2.58. The molecule has 11 heteroatoms. The molecule has 3 N–H and O–H groups in total. The van der Waals surface area contributed by atoms with E-state index in [1.165, 1.54) is 30.2 Å². The predicted molar refractivity (Wildman–Crippen MR) is 114 cm³/mol. The summed E-state index contributed by atoms with van der Waals surface area (Å²) in [6.45, 7) is 0. The largest absolute Gasteiger partial charge is 0.497 e. The molecule has 1 aliphatic heterocycles. The lowest BCUT2D eigenvalue weighted by molar-refractivity contribution is -0.142. The monoisotopic (exact) mass is 460 g/mol. The summed E-state index contributed by atoms with van der Waals surface area (Å²) in [5, 5.41) is 6.96. The molecule has 0 saturated carbocycles. The van der Waals surface area contributed by atoms with Gasteiger partial charge >= 0.3 is 5.97 Å². The van der Waals surface area contributed by atoms with E-state index in [1.807, 2.05) is 24.3 Å². The highest BCUT2D eigenvalue weighted by atomic mass is 32.2. The van der Waals surface area contributed by atoms with Gasteiger partial charge in [-0.3, -0.25) is 5.10 Å². The van der Waals surface area contributed by atoms with Gasteiger partial charge in [-0.15, -0.1) is 0 Å². The fourth-order valence-electron chi connectivity index (χ4n) is 3.28. The first-order chi connectivity index (χ1) is 14.8. The molecule has 31 heavy (non-hydrogen) atoms. The van der Waals surface area contributed by atoms with E-state index >= 15 is 0 Å². The Bertz CT molecular complexity index is 1170. The maximum absolute atomic E-state index is 13.2. The molecular formula is C20H20N4O5S2. The Kier molecular flexibility index (Phi) is 5.73. The van der Waals surface area contributed by atoms with Crippen molar-refractivity contribution >= 4 is 27.6 Å². The fourth-order valence-corrected chi connectivity index (χ4v) is 5.64. The van der Waals surface area contributed by atoms with Crippen LogP contribution in [0.15, 0.2) is 64.9 Å². The van der Waals surface area contributed by atoms with Crippen LogP contribution >= 0.6 is 11.8 Å². The van der Waals surface area contributed by atoms with E-state index in [0.717, 1.165) is 16.9 Å². The van der Waals surface area contributed by atoms with Crippen LogP contribution in [-0.4, -0.2) is 53.4 Å². The van der Waals surface area contributed by atoms with E-state index in [0.29, 0.717) is 10.9 Å². The van der Waals surface area contributed by atoms with Crippen LogP contribution in [0.5, 0.6) is 5.75 Å². The summed E-state index contributed by atoms with van der Waals surface area (Å²) in [6, 6.07) is 13.6. The number of aromatic nitrogens is 3. The number of carbonyl (C=O) groups excluding carboxylic acids is 1. The van der Waals surface area contributed by atoms with Crippen molar-refractivity contribution in [2.24, 2.45) is 5.73 Å². The summed E-state index contributed by atoms with van der Waals surface area (Å²) in [4.78, 5) is 14.3. The molecule has 1 aliphatic rings. The standard InChI is InChI=1S/C20H20N4O5S2/c1-28-15-6-2-13(3-7-15)14-4-8-17(9-5-14)31(26,27)20(21)10-16(29-18(20)25)11-30-19-22-12-23-24-19/h2-9,12,16H,10-11,21H2,1H3,(H,22,23,24). The molecule has 1 fully saturated rings. The molecule has 162 valence electrons. The molecule has 1 aromatic heterocycles. The molecule has 9 nitrogen and oxygen atoms in total. The normalized spacial score (nSPS) is 21.1. The van der Waals surface area contributed by atoms with Crippen LogP contribution in [0.25, 0.3) is 11.1 Å². The average Bonchev–Trinajstić information content (AvgIpc) is 3.41. The summed E-state index contributed by atoms with van der Waals surface area (Å²) in [6.07, 6.45) is 0.562. The van der Waals surface area contributed by atoms with E-state index in [4.69, 9.17) is 15.2 Å². The molecule has 0 spiro atoms. The average molecular weight is 461 g/mol. The van der Waals surface area contributed by atoms with Crippen LogP contribution < -0.4 is 10.5 Å². The number of nitrogens with one attached hydrogen (secondary N) is 1. The number of hydrogen-bond donors (Lipinski definition) is 2. The van der Waals surface area contributed by atoms with Gasteiger partial charge in [-0.2, -0.15) is 5.10 Å². The number of esters is 1. The first kappa shape index (κ1) is 21.3. The zero-order chi connectivity index (χ0) is 22.1. The number of cyclic esters (lactones) is 1. The second kappa shape index (κ2) is 8.33. The van der Waals surface area contributed by atoms with Crippen molar-refractivity contribution < 1.29 is 22.7 Å². The second-order valence-electron chi connectivity index (χ2n) is 6.98. The summed E-state index contributed by atoms with van der Waals surface area (Å²) >= 11 is 1.27. The third-order valence-corrected chi connectivity index (χ3v) is 8.21. The van der Waals surface area contributed by atoms with Gasteiger partial charge in [0.1, 0.15) is 18.2 Å². The van der Waals surface area contributed by atoms with Crippen molar-refractivity contribution in [1.82, 2.24) is 15.2 Å². The molecule has 4 rings (SSSR count). The Morgan fingerprint density at radius 3 is 2.42 bits per heavy atom. The number of H-pyrrole nitrogens is 1. The third-order valence-electron chi connectivity index (χ3n) is 5.02. The van der Waals surface area contributed by atoms with Crippen molar-refractivity contribution in [2.45, 2.75) is 27.4 Å². The van der Waals surface area contributed by atoms with E-state index in [1.54, 1.807) is 19.2 Å². The Morgan fingerprint density at radius 2 is 1.84 bits per heavy atom. The zero-order valence-electron chi connectivity index (χ0n) is 16.5. The summed E-state index contributed by atoms with van der Waals surface area (Å²) in [5.74, 6) is 0.0879. The van der Waals surface area contributed by atoms with Crippen molar-refractivity contribution in [3.8, 4) is 16.9 Å². The maximum atomic E-state index is 13.2. The van der Waals surface area contributed by atoms with Gasteiger partial charge in [-0.25, -0.2) is 18.2 Å². The van der Waals surface area contributed by atoms with E-state index < -0.39 is 26.8 Å². The van der Waals surface area contributed by atoms with Crippen LogP contribution in [0.1, 0.15) is 6.42 Å². The zero-order valence-corrected chi connectivity index (χ0v) is 18.2. The number of nitrogens with two attached hydrogens (primary N) is 1. The van der Waals surface area contributed by atoms with Gasteiger partial charge in [0.15, 0.2) is 5.16 Å². The fraction of sp³-hybridized carbons (Fsp3) is 0.250. The SMILES string of the molecule is COc1ccc(-c2ccc(S(=O)(=O)C3(N)CC(CSc4ncn[nH]4)OC3=O)cc2)cc1. The number of carbonyl (C=O) groups is 1.